The smallest absolute Gasteiger partial charge is 0.321 e. The average Bonchev–Trinajstić information content (AvgIpc) is 2.74. The van der Waals surface area contributed by atoms with Gasteiger partial charge >= 0.3 is 6.03 Å². The Kier molecular flexibility index (Phi) is 8.64. The third-order valence-corrected chi connectivity index (χ3v) is 6.76. The Morgan fingerprint density at radius 1 is 0.938 bits per heavy atom. The molecule has 2 aliphatic rings. The van der Waals surface area contributed by atoms with Gasteiger partial charge in [0.05, 0.1) is 13.1 Å². The summed E-state index contributed by atoms with van der Waals surface area (Å²) in [6.45, 7) is 9.49. The minimum absolute atomic E-state index is 0.0292. The standard InChI is InChI=1S/C24H37N5O3/c1-17-8-6-10-21(19(17)3)25-22(30)15-28-11-13-29(14-12-28)16-23(31)27-24(32)26-20-9-5-4-7-18(20)2/h6,8,10,18,20H,4-5,7,9,11-16H2,1-3H3,(H,25,30)(H2,26,27,31,32). The van der Waals surface area contributed by atoms with Crippen molar-refractivity contribution < 1.29 is 14.4 Å². The Hall–Kier alpha value is -2.45. The summed E-state index contributed by atoms with van der Waals surface area (Å²) in [5, 5.41) is 8.41. The number of hydrogen-bond donors (Lipinski definition) is 3. The van der Waals surface area contributed by atoms with E-state index in [4.69, 9.17) is 0 Å². The Bertz CT molecular complexity index is 820. The van der Waals surface area contributed by atoms with Crippen molar-refractivity contribution in [3.63, 3.8) is 0 Å². The molecule has 8 nitrogen and oxygen atoms in total. The van der Waals surface area contributed by atoms with E-state index in [9.17, 15) is 14.4 Å². The molecular formula is C24H37N5O3. The van der Waals surface area contributed by atoms with E-state index in [1.165, 1.54) is 6.42 Å². The summed E-state index contributed by atoms with van der Waals surface area (Å²) in [4.78, 5) is 41.0. The first-order valence-electron chi connectivity index (χ1n) is 11.7. The predicted octanol–water partition coefficient (Wildman–Crippen LogP) is 2.26. The fraction of sp³-hybridized carbons (Fsp3) is 0.625. The number of aryl methyl sites for hydroxylation is 1. The van der Waals surface area contributed by atoms with Crippen LogP contribution in [0.15, 0.2) is 18.2 Å². The molecular weight excluding hydrogens is 406 g/mol. The normalized spacial score (nSPS) is 22.2. The number of amides is 4. The zero-order valence-electron chi connectivity index (χ0n) is 19.6. The van der Waals surface area contributed by atoms with Gasteiger partial charge in [-0.15, -0.1) is 0 Å². The quantitative estimate of drug-likeness (QED) is 0.627. The lowest BCUT2D eigenvalue weighted by Gasteiger charge is -2.34. The summed E-state index contributed by atoms with van der Waals surface area (Å²) in [7, 11) is 0. The van der Waals surface area contributed by atoms with Crippen molar-refractivity contribution in [1.29, 1.82) is 0 Å². The molecule has 2 atom stereocenters. The molecule has 4 amide bonds. The van der Waals surface area contributed by atoms with Gasteiger partial charge in [0.25, 0.3) is 0 Å². The van der Waals surface area contributed by atoms with E-state index >= 15 is 0 Å². The lowest BCUT2D eigenvalue weighted by molar-refractivity contribution is -0.122. The maximum Gasteiger partial charge on any atom is 0.321 e. The third kappa shape index (κ3) is 7.03. The van der Waals surface area contributed by atoms with Gasteiger partial charge in [0.2, 0.25) is 11.8 Å². The maximum absolute atomic E-state index is 12.4. The number of rotatable bonds is 6. The highest BCUT2D eigenvalue weighted by molar-refractivity contribution is 5.95. The van der Waals surface area contributed by atoms with Crippen LogP contribution in [0.2, 0.25) is 0 Å². The minimum atomic E-state index is -0.393. The number of hydrogen-bond acceptors (Lipinski definition) is 5. The molecule has 0 aromatic heterocycles. The second-order valence-electron chi connectivity index (χ2n) is 9.24. The van der Waals surface area contributed by atoms with Crippen LogP contribution in [0.4, 0.5) is 10.5 Å². The molecule has 1 saturated carbocycles. The molecule has 2 fully saturated rings. The van der Waals surface area contributed by atoms with Crippen molar-refractivity contribution in [3.8, 4) is 0 Å². The van der Waals surface area contributed by atoms with E-state index in [0.29, 0.717) is 38.6 Å². The second kappa shape index (κ2) is 11.4. The molecule has 8 heteroatoms. The predicted molar refractivity (Wildman–Crippen MR) is 126 cm³/mol. The SMILES string of the molecule is Cc1cccc(NC(=O)CN2CCN(CC(=O)NC(=O)NC3CCCCC3C)CC2)c1C. The number of piperazine rings is 1. The van der Waals surface area contributed by atoms with Crippen LogP contribution in [0.25, 0.3) is 0 Å². The molecule has 1 heterocycles. The van der Waals surface area contributed by atoms with E-state index in [0.717, 1.165) is 36.1 Å². The highest BCUT2D eigenvalue weighted by Crippen LogP contribution is 2.23. The summed E-state index contributed by atoms with van der Waals surface area (Å²) in [5.74, 6) is 0.135. The molecule has 1 aromatic carbocycles. The molecule has 176 valence electrons. The number of nitrogens with zero attached hydrogens (tertiary/aromatic N) is 2. The average molecular weight is 444 g/mol. The van der Waals surface area contributed by atoms with Crippen molar-refractivity contribution in [2.75, 3.05) is 44.6 Å². The van der Waals surface area contributed by atoms with Crippen LogP contribution in [0.5, 0.6) is 0 Å². The monoisotopic (exact) mass is 443 g/mol. The number of anilines is 1. The Balaban J connectivity index is 1.35. The first-order valence-corrected chi connectivity index (χ1v) is 11.7. The molecule has 1 aliphatic carbocycles. The fourth-order valence-corrected chi connectivity index (χ4v) is 4.49. The fourth-order valence-electron chi connectivity index (χ4n) is 4.49. The van der Waals surface area contributed by atoms with E-state index < -0.39 is 6.03 Å². The van der Waals surface area contributed by atoms with Crippen molar-refractivity contribution in [3.05, 3.63) is 29.3 Å². The van der Waals surface area contributed by atoms with Gasteiger partial charge in [0.15, 0.2) is 0 Å². The van der Waals surface area contributed by atoms with Crippen LogP contribution in [-0.2, 0) is 9.59 Å². The zero-order valence-corrected chi connectivity index (χ0v) is 19.6. The number of nitrogens with one attached hydrogen (secondary N) is 3. The van der Waals surface area contributed by atoms with Gasteiger partial charge in [-0.05, 0) is 49.8 Å². The largest absolute Gasteiger partial charge is 0.335 e. The lowest BCUT2D eigenvalue weighted by atomic mass is 9.86. The number of urea groups is 1. The minimum Gasteiger partial charge on any atom is -0.335 e. The summed E-state index contributed by atoms with van der Waals surface area (Å²) in [6.07, 6.45) is 4.42. The topological polar surface area (TPSA) is 93.8 Å². The second-order valence-corrected chi connectivity index (χ2v) is 9.24. The van der Waals surface area contributed by atoms with Crippen molar-refractivity contribution >= 4 is 23.5 Å². The van der Waals surface area contributed by atoms with Crippen molar-refractivity contribution in [1.82, 2.24) is 20.4 Å². The van der Waals surface area contributed by atoms with Crippen LogP contribution in [0.1, 0.15) is 43.7 Å². The molecule has 1 aromatic rings. The van der Waals surface area contributed by atoms with Gasteiger partial charge in [-0.3, -0.25) is 24.7 Å². The highest BCUT2D eigenvalue weighted by atomic mass is 16.2. The molecule has 3 rings (SSSR count). The first-order chi connectivity index (χ1) is 15.3. The van der Waals surface area contributed by atoms with Crippen LogP contribution in [-0.4, -0.2) is 73.0 Å². The molecule has 1 aliphatic heterocycles. The molecule has 0 spiro atoms. The third-order valence-electron chi connectivity index (χ3n) is 6.76. The summed E-state index contributed by atoms with van der Waals surface area (Å²) >= 11 is 0. The van der Waals surface area contributed by atoms with Crippen LogP contribution >= 0.6 is 0 Å². The van der Waals surface area contributed by atoms with Crippen LogP contribution < -0.4 is 16.0 Å². The van der Waals surface area contributed by atoms with E-state index in [1.54, 1.807) is 0 Å². The zero-order chi connectivity index (χ0) is 23.1. The van der Waals surface area contributed by atoms with E-state index in [2.05, 4.69) is 27.8 Å². The van der Waals surface area contributed by atoms with Crippen LogP contribution in [0, 0.1) is 19.8 Å². The van der Waals surface area contributed by atoms with Gasteiger partial charge in [0, 0.05) is 37.9 Å². The first kappa shape index (κ1) is 24.2. The summed E-state index contributed by atoms with van der Waals surface area (Å²) in [6, 6.07) is 5.64. The number of imide groups is 1. The molecule has 1 saturated heterocycles. The summed E-state index contributed by atoms with van der Waals surface area (Å²) in [5.41, 5.74) is 3.08. The van der Waals surface area contributed by atoms with E-state index in [1.807, 2.05) is 36.9 Å². The molecule has 2 unspecified atom stereocenters. The number of carbonyl (C=O) groups is 3. The van der Waals surface area contributed by atoms with E-state index in [-0.39, 0.29) is 24.4 Å². The van der Waals surface area contributed by atoms with Gasteiger partial charge in [-0.1, -0.05) is 31.9 Å². The van der Waals surface area contributed by atoms with Gasteiger partial charge in [-0.2, -0.15) is 0 Å². The van der Waals surface area contributed by atoms with Crippen molar-refractivity contribution in [2.24, 2.45) is 5.92 Å². The van der Waals surface area contributed by atoms with Crippen LogP contribution in [0.3, 0.4) is 0 Å². The molecule has 0 bridgehead atoms. The summed E-state index contributed by atoms with van der Waals surface area (Å²) < 4.78 is 0. The maximum atomic E-state index is 12.4. The van der Waals surface area contributed by atoms with Gasteiger partial charge < -0.3 is 10.6 Å². The number of benzene rings is 1. The number of carbonyl (C=O) groups excluding carboxylic acids is 3. The molecule has 0 radical (unpaired) electrons. The highest BCUT2D eigenvalue weighted by Gasteiger charge is 2.25. The van der Waals surface area contributed by atoms with Gasteiger partial charge in [0.1, 0.15) is 0 Å². The lowest BCUT2D eigenvalue weighted by Crippen LogP contribution is -2.53. The Morgan fingerprint density at radius 2 is 1.56 bits per heavy atom. The Labute approximate surface area is 191 Å². The Morgan fingerprint density at radius 3 is 2.22 bits per heavy atom. The van der Waals surface area contributed by atoms with Crippen molar-refractivity contribution in [2.45, 2.75) is 52.5 Å². The van der Waals surface area contributed by atoms with Gasteiger partial charge in [-0.25, -0.2) is 4.79 Å². The molecule has 3 N–H and O–H groups in total. The molecule has 32 heavy (non-hydrogen) atoms.